The molecule has 0 bridgehead atoms. The Balaban J connectivity index is 1.24. The number of hydrogen-bond acceptors (Lipinski definition) is 6. The van der Waals surface area contributed by atoms with Gasteiger partial charge >= 0.3 is 6.18 Å². The molecule has 2 aliphatic carbocycles. The van der Waals surface area contributed by atoms with Gasteiger partial charge in [-0.05, 0) is 82.1 Å². The summed E-state index contributed by atoms with van der Waals surface area (Å²) in [6.07, 6.45) is 1.68. The molecule has 200 valence electrons. The maximum absolute atomic E-state index is 13.1. The average molecular weight is 496 g/mol. The van der Waals surface area contributed by atoms with Gasteiger partial charge in [-0.2, -0.15) is 13.2 Å². The van der Waals surface area contributed by atoms with Crippen molar-refractivity contribution in [3.63, 3.8) is 0 Å². The molecule has 34 heavy (non-hydrogen) atoms. The van der Waals surface area contributed by atoms with Crippen LogP contribution in [-0.4, -0.2) is 88.8 Å². The van der Waals surface area contributed by atoms with Crippen molar-refractivity contribution < 1.29 is 38.3 Å². The second kappa shape index (κ2) is 13.2. The van der Waals surface area contributed by atoms with Gasteiger partial charge in [0.2, 0.25) is 0 Å². The minimum Gasteiger partial charge on any atom is -0.395 e. The van der Waals surface area contributed by atoms with Crippen LogP contribution in [0.15, 0.2) is 0 Å². The molecule has 0 amide bonds. The quantitative estimate of drug-likeness (QED) is 0.348. The lowest BCUT2D eigenvalue weighted by molar-refractivity contribution is -0.187. The highest BCUT2D eigenvalue weighted by Gasteiger charge is 2.44. The van der Waals surface area contributed by atoms with Crippen molar-refractivity contribution in [3.05, 3.63) is 0 Å². The number of hydrogen-bond donors (Lipinski definition) is 4. The smallest absolute Gasteiger partial charge is 0.391 e. The van der Waals surface area contributed by atoms with E-state index in [2.05, 4.69) is 0 Å². The molecule has 1 aliphatic heterocycles. The fourth-order valence-electron chi connectivity index (χ4n) is 6.36. The highest BCUT2D eigenvalue weighted by molar-refractivity contribution is 4.94. The number of rotatable bonds is 10. The van der Waals surface area contributed by atoms with Crippen LogP contribution in [0, 0.1) is 23.7 Å². The van der Waals surface area contributed by atoms with Crippen molar-refractivity contribution in [2.75, 3.05) is 32.9 Å². The molecule has 0 aromatic rings. The van der Waals surface area contributed by atoms with Crippen molar-refractivity contribution in [2.45, 2.75) is 101 Å². The van der Waals surface area contributed by atoms with Crippen LogP contribution < -0.4 is 0 Å². The first-order valence-corrected chi connectivity index (χ1v) is 13.2. The van der Waals surface area contributed by atoms with Crippen molar-refractivity contribution >= 4 is 0 Å². The zero-order chi connectivity index (χ0) is 24.7. The van der Waals surface area contributed by atoms with E-state index in [0.717, 1.165) is 58.0 Å². The molecule has 1 heterocycles. The van der Waals surface area contributed by atoms with Crippen molar-refractivity contribution in [2.24, 2.45) is 23.7 Å². The molecule has 9 heteroatoms. The minimum atomic E-state index is -4.04. The van der Waals surface area contributed by atoms with Gasteiger partial charge in [0.25, 0.3) is 0 Å². The molecule has 2 unspecified atom stereocenters. The Bertz CT molecular complexity index is 587. The summed E-state index contributed by atoms with van der Waals surface area (Å²) in [7, 11) is 0. The zero-order valence-electron chi connectivity index (χ0n) is 20.2. The van der Waals surface area contributed by atoms with Crippen molar-refractivity contribution in [3.8, 4) is 0 Å². The molecule has 3 fully saturated rings. The SMILES string of the molecule is OC[C@H]1[C@@H](O)[C@H](O)[C@@H](O)CN1CCCCCOCC1CCC(C2CCCC(C(F)(F)F)C2)CC1. The number of unbranched alkanes of at least 4 members (excludes halogenated alkanes) is 2. The molecule has 4 N–H and O–H groups in total. The van der Waals surface area contributed by atoms with Crippen LogP contribution in [0.2, 0.25) is 0 Å². The van der Waals surface area contributed by atoms with Gasteiger partial charge in [-0.3, -0.25) is 4.90 Å². The van der Waals surface area contributed by atoms with Crippen LogP contribution >= 0.6 is 0 Å². The lowest BCUT2D eigenvalue weighted by Gasteiger charge is -2.43. The van der Waals surface area contributed by atoms with E-state index in [1.807, 2.05) is 4.90 Å². The summed E-state index contributed by atoms with van der Waals surface area (Å²) < 4.78 is 45.2. The van der Waals surface area contributed by atoms with Crippen LogP contribution in [-0.2, 0) is 4.74 Å². The molecular formula is C25H44F3NO5. The van der Waals surface area contributed by atoms with Crippen molar-refractivity contribution in [1.82, 2.24) is 4.90 Å². The van der Waals surface area contributed by atoms with Crippen LogP contribution in [0.1, 0.15) is 70.6 Å². The number of nitrogens with zero attached hydrogens (tertiary/aromatic N) is 1. The number of aliphatic hydroxyl groups excluding tert-OH is 4. The molecule has 3 aliphatic rings. The highest BCUT2D eigenvalue weighted by Crippen LogP contribution is 2.46. The molecule has 0 radical (unpaired) electrons. The Morgan fingerprint density at radius 2 is 1.59 bits per heavy atom. The predicted octanol–water partition coefficient (Wildman–Crippen LogP) is 3.11. The van der Waals surface area contributed by atoms with Gasteiger partial charge in [0, 0.05) is 19.8 Å². The first kappa shape index (κ1) is 28.1. The van der Waals surface area contributed by atoms with Crippen LogP contribution in [0.5, 0.6) is 0 Å². The third kappa shape index (κ3) is 7.77. The lowest BCUT2D eigenvalue weighted by atomic mass is 9.68. The summed E-state index contributed by atoms with van der Waals surface area (Å²) >= 11 is 0. The third-order valence-corrected chi connectivity index (χ3v) is 8.54. The molecule has 0 aromatic carbocycles. The second-order valence-electron chi connectivity index (χ2n) is 10.9. The lowest BCUT2D eigenvalue weighted by Crippen LogP contribution is -2.62. The minimum absolute atomic E-state index is 0.234. The largest absolute Gasteiger partial charge is 0.395 e. The fraction of sp³-hybridized carbons (Fsp3) is 1.00. The molecule has 6 atom stereocenters. The normalized spacial score (nSPS) is 38.2. The topological polar surface area (TPSA) is 93.4 Å². The summed E-state index contributed by atoms with van der Waals surface area (Å²) in [6.45, 7) is 1.99. The van der Waals surface area contributed by atoms with E-state index in [4.69, 9.17) is 4.74 Å². The molecular weight excluding hydrogens is 451 g/mol. The average Bonchev–Trinajstić information content (AvgIpc) is 2.82. The molecule has 1 saturated heterocycles. The van der Waals surface area contributed by atoms with Gasteiger partial charge in [-0.1, -0.05) is 12.8 Å². The Morgan fingerprint density at radius 3 is 2.26 bits per heavy atom. The summed E-state index contributed by atoms with van der Waals surface area (Å²) in [5, 5.41) is 39.2. The van der Waals surface area contributed by atoms with E-state index in [1.54, 1.807) is 0 Å². The Labute approximate surface area is 201 Å². The van der Waals surface area contributed by atoms with E-state index in [9.17, 15) is 33.6 Å². The number of aliphatic hydroxyl groups is 4. The number of halogens is 3. The zero-order valence-corrected chi connectivity index (χ0v) is 20.2. The van der Waals surface area contributed by atoms with Gasteiger partial charge in [0.05, 0.1) is 24.7 Å². The molecule has 0 aromatic heterocycles. The van der Waals surface area contributed by atoms with Gasteiger partial charge in [0.1, 0.15) is 12.2 Å². The van der Waals surface area contributed by atoms with Crippen LogP contribution in [0.4, 0.5) is 13.2 Å². The van der Waals surface area contributed by atoms with E-state index < -0.39 is 36.4 Å². The van der Waals surface area contributed by atoms with Gasteiger partial charge in [-0.25, -0.2) is 0 Å². The Morgan fingerprint density at radius 1 is 0.853 bits per heavy atom. The first-order valence-electron chi connectivity index (χ1n) is 13.2. The summed E-state index contributed by atoms with van der Waals surface area (Å²) in [4.78, 5) is 1.84. The number of ether oxygens (including phenoxy) is 1. The molecule has 0 spiro atoms. The standard InChI is InChI=1S/C25H44F3NO5/c26-25(27,28)20-6-4-5-19(13-20)18-9-7-17(8-10-18)16-34-12-3-1-2-11-29-14-22(31)24(33)23(32)21(29)15-30/h17-24,30-33H,1-16H2/t17?,18?,19?,20?,21-,22-,23+,24+/m0/s1. The van der Waals surface area contributed by atoms with E-state index in [1.165, 1.54) is 0 Å². The Kier molecular flexibility index (Phi) is 10.9. The fourth-order valence-corrected chi connectivity index (χ4v) is 6.36. The maximum atomic E-state index is 13.1. The van der Waals surface area contributed by atoms with E-state index in [0.29, 0.717) is 44.2 Å². The molecule has 3 rings (SSSR count). The van der Waals surface area contributed by atoms with Crippen molar-refractivity contribution in [1.29, 1.82) is 0 Å². The third-order valence-electron chi connectivity index (χ3n) is 8.54. The number of likely N-dealkylation sites (tertiary alicyclic amines) is 1. The Hall–Kier alpha value is -0.450. The first-order chi connectivity index (χ1) is 16.2. The van der Waals surface area contributed by atoms with Crippen LogP contribution in [0.3, 0.4) is 0 Å². The number of piperidine rings is 1. The molecule has 6 nitrogen and oxygen atoms in total. The summed E-state index contributed by atoms with van der Waals surface area (Å²) in [5.41, 5.74) is 0. The van der Waals surface area contributed by atoms with Gasteiger partial charge in [-0.15, -0.1) is 0 Å². The van der Waals surface area contributed by atoms with Gasteiger partial charge in [0.15, 0.2) is 0 Å². The molecule has 2 saturated carbocycles. The number of β-amino-alcohol motifs (C(OH)–C–C–N with tert-alkyl or cyclic N) is 1. The van der Waals surface area contributed by atoms with Crippen LogP contribution in [0.25, 0.3) is 0 Å². The maximum Gasteiger partial charge on any atom is 0.391 e. The highest BCUT2D eigenvalue weighted by atomic mass is 19.4. The van der Waals surface area contributed by atoms with E-state index >= 15 is 0 Å². The monoisotopic (exact) mass is 495 g/mol. The van der Waals surface area contributed by atoms with Gasteiger partial charge < -0.3 is 25.2 Å². The van der Waals surface area contributed by atoms with E-state index in [-0.39, 0.29) is 19.1 Å². The summed E-state index contributed by atoms with van der Waals surface area (Å²) in [5.74, 6) is 0.0833. The summed E-state index contributed by atoms with van der Waals surface area (Å²) in [6, 6.07) is -0.558. The predicted molar refractivity (Wildman–Crippen MR) is 122 cm³/mol. The second-order valence-corrected chi connectivity index (χ2v) is 10.9. The number of alkyl halides is 3.